The van der Waals surface area contributed by atoms with E-state index in [1.54, 1.807) is 6.92 Å². The summed E-state index contributed by atoms with van der Waals surface area (Å²) in [6.07, 6.45) is 0. The van der Waals surface area contributed by atoms with E-state index in [2.05, 4.69) is 0 Å². The van der Waals surface area contributed by atoms with Crippen molar-refractivity contribution < 1.29 is 23.9 Å². The standard InChI is InChI=1S/C18H17NO6S/c1-12(26-16-5-3-2-4-6-16)18(20)24-10-14-8-15(19(21)22)7-13-9-23-11-25-17(13)14/h2-8,12H,9-11H2,1H3/t12-/m0/s1. The summed E-state index contributed by atoms with van der Waals surface area (Å²) in [5.41, 5.74) is 0.946. The van der Waals surface area contributed by atoms with Crippen LogP contribution in [0.5, 0.6) is 5.75 Å². The molecule has 1 aliphatic heterocycles. The predicted octanol–water partition coefficient (Wildman–Crippen LogP) is 3.69. The maximum absolute atomic E-state index is 12.3. The number of carbonyl (C=O) groups is 1. The molecular formula is C18H17NO6S. The first-order chi connectivity index (χ1) is 12.5. The molecule has 0 N–H and O–H groups in total. The highest BCUT2D eigenvalue weighted by Crippen LogP contribution is 2.33. The Morgan fingerprint density at radius 3 is 2.85 bits per heavy atom. The Balaban J connectivity index is 1.69. The van der Waals surface area contributed by atoms with E-state index in [-0.39, 0.29) is 25.7 Å². The Bertz CT molecular complexity index is 811. The molecule has 0 aliphatic carbocycles. The second-order valence-electron chi connectivity index (χ2n) is 5.64. The highest BCUT2D eigenvalue weighted by atomic mass is 32.2. The number of hydrogen-bond acceptors (Lipinski definition) is 7. The van der Waals surface area contributed by atoms with Gasteiger partial charge in [0.15, 0.2) is 6.79 Å². The van der Waals surface area contributed by atoms with Gasteiger partial charge in [-0.25, -0.2) is 0 Å². The van der Waals surface area contributed by atoms with Crippen LogP contribution in [0.2, 0.25) is 0 Å². The Morgan fingerprint density at radius 1 is 1.35 bits per heavy atom. The van der Waals surface area contributed by atoms with Crippen LogP contribution in [0.15, 0.2) is 47.4 Å². The number of thioether (sulfide) groups is 1. The van der Waals surface area contributed by atoms with Gasteiger partial charge in [0.05, 0.1) is 11.5 Å². The molecule has 0 saturated heterocycles. The van der Waals surface area contributed by atoms with Crippen molar-refractivity contribution in [1.82, 2.24) is 0 Å². The average molecular weight is 375 g/mol. The molecule has 1 aliphatic rings. The minimum atomic E-state index is -0.492. The van der Waals surface area contributed by atoms with Crippen molar-refractivity contribution in [3.8, 4) is 5.75 Å². The quantitative estimate of drug-likeness (QED) is 0.329. The summed E-state index contributed by atoms with van der Waals surface area (Å²) in [5, 5.41) is 10.7. The molecule has 1 heterocycles. The van der Waals surface area contributed by atoms with Crippen molar-refractivity contribution in [3.63, 3.8) is 0 Å². The van der Waals surface area contributed by atoms with Crippen LogP contribution in [0.4, 0.5) is 5.69 Å². The van der Waals surface area contributed by atoms with Crippen molar-refractivity contribution >= 4 is 23.4 Å². The zero-order valence-corrected chi connectivity index (χ0v) is 14.9. The van der Waals surface area contributed by atoms with Crippen LogP contribution < -0.4 is 4.74 Å². The van der Waals surface area contributed by atoms with Gasteiger partial charge in [0.1, 0.15) is 17.6 Å². The summed E-state index contributed by atoms with van der Waals surface area (Å²) < 4.78 is 16.0. The van der Waals surface area contributed by atoms with E-state index in [0.717, 1.165) is 4.90 Å². The molecule has 2 aromatic rings. The first kappa shape index (κ1) is 18.2. The van der Waals surface area contributed by atoms with Gasteiger partial charge in [-0.1, -0.05) is 18.2 Å². The summed E-state index contributed by atoms with van der Waals surface area (Å²) in [5.74, 6) is 0.0872. The van der Waals surface area contributed by atoms with E-state index in [0.29, 0.717) is 16.9 Å². The number of esters is 1. The van der Waals surface area contributed by atoms with Gasteiger partial charge in [0, 0.05) is 28.2 Å². The minimum Gasteiger partial charge on any atom is -0.467 e. The molecule has 0 amide bonds. The van der Waals surface area contributed by atoms with Crippen molar-refractivity contribution in [3.05, 3.63) is 63.7 Å². The van der Waals surface area contributed by atoms with E-state index < -0.39 is 16.1 Å². The zero-order chi connectivity index (χ0) is 18.5. The fourth-order valence-corrected chi connectivity index (χ4v) is 3.40. The van der Waals surface area contributed by atoms with Gasteiger partial charge in [-0.05, 0) is 19.1 Å². The molecule has 7 nitrogen and oxygen atoms in total. The molecule has 2 aromatic carbocycles. The lowest BCUT2D eigenvalue weighted by Gasteiger charge is -2.20. The van der Waals surface area contributed by atoms with E-state index in [4.69, 9.17) is 14.2 Å². The van der Waals surface area contributed by atoms with E-state index in [9.17, 15) is 14.9 Å². The van der Waals surface area contributed by atoms with Crippen LogP contribution in [-0.4, -0.2) is 22.9 Å². The Kier molecular flexibility index (Phi) is 5.75. The van der Waals surface area contributed by atoms with Gasteiger partial charge in [-0.2, -0.15) is 0 Å². The second kappa shape index (κ2) is 8.20. The number of benzene rings is 2. The first-order valence-corrected chi connectivity index (χ1v) is 8.81. The Labute approximate surface area is 154 Å². The topological polar surface area (TPSA) is 87.9 Å². The summed E-state index contributed by atoms with van der Waals surface area (Å²) in [7, 11) is 0. The highest BCUT2D eigenvalue weighted by Gasteiger charge is 2.23. The molecule has 136 valence electrons. The first-order valence-electron chi connectivity index (χ1n) is 7.93. The van der Waals surface area contributed by atoms with Crippen molar-refractivity contribution in [2.45, 2.75) is 30.3 Å². The third-order valence-electron chi connectivity index (χ3n) is 3.74. The molecule has 8 heteroatoms. The summed E-state index contributed by atoms with van der Waals surface area (Å²) in [4.78, 5) is 23.8. The van der Waals surface area contributed by atoms with Crippen LogP contribution in [0, 0.1) is 10.1 Å². The number of non-ortho nitro benzene ring substituents is 1. The molecule has 3 rings (SSSR count). The SMILES string of the molecule is C[C@H](Sc1ccccc1)C(=O)OCc1cc([N+](=O)[O-])cc2c1OCOC2. The number of fused-ring (bicyclic) bond motifs is 1. The van der Waals surface area contributed by atoms with Crippen LogP contribution in [0.25, 0.3) is 0 Å². The largest absolute Gasteiger partial charge is 0.467 e. The third-order valence-corrected chi connectivity index (χ3v) is 4.83. The second-order valence-corrected chi connectivity index (χ2v) is 7.06. The van der Waals surface area contributed by atoms with Gasteiger partial charge in [-0.3, -0.25) is 14.9 Å². The number of nitrogens with zero attached hydrogens (tertiary/aromatic N) is 1. The lowest BCUT2D eigenvalue weighted by molar-refractivity contribution is -0.385. The molecule has 0 saturated carbocycles. The smallest absolute Gasteiger partial charge is 0.319 e. The Morgan fingerprint density at radius 2 is 2.12 bits per heavy atom. The van der Waals surface area contributed by atoms with Crippen LogP contribution in [0.3, 0.4) is 0 Å². The average Bonchev–Trinajstić information content (AvgIpc) is 2.66. The van der Waals surface area contributed by atoms with Gasteiger partial charge < -0.3 is 14.2 Å². The number of carbonyl (C=O) groups excluding carboxylic acids is 1. The molecule has 0 unspecified atom stereocenters. The molecule has 0 bridgehead atoms. The maximum Gasteiger partial charge on any atom is 0.319 e. The molecule has 0 spiro atoms. The molecule has 0 aromatic heterocycles. The van der Waals surface area contributed by atoms with Crippen LogP contribution >= 0.6 is 11.8 Å². The normalized spacial score (nSPS) is 14.0. The summed E-state index contributed by atoms with van der Waals surface area (Å²) >= 11 is 1.39. The number of hydrogen-bond donors (Lipinski definition) is 0. The zero-order valence-electron chi connectivity index (χ0n) is 14.0. The highest BCUT2D eigenvalue weighted by molar-refractivity contribution is 8.00. The Hall–Kier alpha value is -2.58. The summed E-state index contributed by atoms with van der Waals surface area (Å²) in [6, 6.07) is 12.3. The third kappa shape index (κ3) is 4.33. The van der Waals surface area contributed by atoms with E-state index in [1.165, 1.54) is 23.9 Å². The molecule has 1 atom stereocenters. The predicted molar refractivity (Wildman–Crippen MR) is 94.9 cm³/mol. The van der Waals surface area contributed by atoms with Crippen molar-refractivity contribution in [2.24, 2.45) is 0 Å². The maximum atomic E-state index is 12.3. The molecular weight excluding hydrogens is 358 g/mol. The molecule has 26 heavy (non-hydrogen) atoms. The van der Waals surface area contributed by atoms with Crippen molar-refractivity contribution in [2.75, 3.05) is 6.79 Å². The van der Waals surface area contributed by atoms with Crippen LogP contribution in [-0.2, 0) is 27.5 Å². The van der Waals surface area contributed by atoms with Crippen LogP contribution in [0.1, 0.15) is 18.1 Å². The van der Waals surface area contributed by atoms with E-state index >= 15 is 0 Å². The lowest BCUT2D eigenvalue weighted by Crippen LogP contribution is -2.18. The van der Waals surface area contributed by atoms with E-state index in [1.807, 2.05) is 30.3 Å². The van der Waals surface area contributed by atoms with Gasteiger partial charge in [0.25, 0.3) is 5.69 Å². The fraction of sp³-hybridized carbons (Fsp3) is 0.278. The molecule has 0 fully saturated rings. The number of nitro groups is 1. The minimum absolute atomic E-state index is 0.0615. The monoisotopic (exact) mass is 375 g/mol. The van der Waals surface area contributed by atoms with Gasteiger partial charge >= 0.3 is 5.97 Å². The summed E-state index contributed by atoms with van der Waals surface area (Å²) in [6.45, 7) is 1.94. The molecule has 0 radical (unpaired) electrons. The van der Waals surface area contributed by atoms with Gasteiger partial charge in [-0.15, -0.1) is 11.8 Å². The fourth-order valence-electron chi connectivity index (χ4n) is 2.51. The van der Waals surface area contributed by atoms with Gasteiger partial charge in [0.2, 0.25) is 0 Å². The number of rotatable bonds is 6. The lowest BCUT2D eigenvalue weighted by atomic mass is 10.1. The number of nitro benzene ring substituents is 1. The number of ether oxygens (including phenoxy) is 3. The van der Waals surface area contributed by atoms with Crippen molar-refractivity contribution in [1.29, 1.82) is 0 Å².